The van der Waals surface area contributed by atoms with Crippen LogP contribution in [0.3, 0.4) is 0 Å². The van der Waals surface area contributed by atoms with Crippen LogP contribution in [0.1, 0.15) is 6.42 Å². The molecule has 46 valence electrons. The zero-order valence-corrected chi connectivity index (χ0v) is 5.43. The van der Waals surface area contributed by atoms with E-state index in [0.717, 1.165) is 6.42 Å². The van der Waals surface area contributed by atoms with Crippen molar-refractivity contribution >= 4 is 0 Å². The van der Waals surface area contributed by atoms with Crippen LogP contribution in [0.5, 0.6) is 0 Å². The smallest absolute Gasteiger partial charge is 0.00956 e. The van der Waals surface area contributed by atoms with E-state index >= 15 is 0 Å². The van der Waals surface area contributed by atoms with Gasteiger partial charge in [0, 0.05) is 0 Å². The predicted molar refractivity (Wildman–Crippen MR) is 41.2 cm³/mol. The van der Waals surface area contributed by atoms with E-state index in [2.05, 4.69) is 24.6 Å². The zero-order chi connectivity index (χ0) is 6.95. The monoisotopic (exact) mass is 118 g/mol. The van der Waals surface area contributed by atoms with Crippen LogP contribution >= 0.6 is 0 Å². The van der Waals surface area contributed by atoms with Gasteiger partial charge in [-0.3, -0.25) is 0 Å². The Morgan fingerprint density at radius 1 is 1.33 bits per heavy atom. The first-order chi connectivity index (χ1) is 4.41. The maximum absolute atomic E-state index is 3.56. The van der Waals surface area contributed by atoms with Crippen LogP contribution in [0.2, 0.25) is 0 Å². The highest BCUT2D eigenvalue weighted by molar-refractivity contribution is 5.01. The third-order valence-corrected chi connectivity index (χ3v) is 0.700. The minimum Gasteiger partial charge on any atom is -0.128 e. The molecule has 0 amide bonds. The van der Waals surface area contributed by atoms with Crippen LogP contribution in [0.25, 0.3) is 0 Å². The molecule has 0 aliphatic heterocycles. The predicted octanol–water partition coefficient (Wildman–Crippen LogP) is 2.61. The molecule has 0 fully saturated rings. The molecule has 0 bridgehead atoms. The Morgan fingerprint density at radius 2 is 2.11 bits per heavy atom. The molecule has 0 aromatic carbocycles. The van der Waals surface area contributed by atoms with Gasteiger partial charge in [-0.05, 0) is 24.6 Å². The Morgan fingerprint density at radius 3 is 2.67 bits per heavy atom. The summed E-state index contributed by atoms with van der Waals surface area (Å²) in [5.41, 5.74) is 5.51. The first-order valence-corrected chi connectivity index (χ1v) is 2.78. The highest BCUT2D eigenvalue weighted by Crippen LogP contribution is 1.79. The molecule has 0 aliphatic rings. The second kappa shape index (κ2) is 6.78. The fourth-order valence-electron chi connectivity index (χ4n) is 0.326. The van der Waals surface area contributed by atoms with Crippen LogP contribution in [0.4, 0.5) is 0 Å². The highest BCUT2D eigenvalue weighted by Gasteiger charge is 1.59. The van der Waals surface area contributed by atoms with E-state index in [1.165, 1.54) is 0 Å². The fourth-order valence-corrected chi connectivity index (χ4v) is 0.326. The van der Waals surface area contributed by atoms with E-state index in [1.54, 1.807) is 12.2 Å². The Hall–Kier alpha value is -1.22. The number of hydrogen-bond donors (Lipinski definition) is 0. The standard InChI is InChI=1S/C9H10/c1-3-5-7-9-8-6-4-2/h3,6-8H,1-2,5H2. The molecular formula is C9H10. The summed E-state index contributed by atoms with van der Waals surface area (Å²) in [4.78, 5) is 0. The average Bonchev–Trinajstić information content (AvgIpc) is 1.89. The third-order valence-electron chi connectivity index (χ3n) is 0.700. The zero-order valence-electron chi connectivity index (χ0n) is 5.43. The van der Waals surface area contributed by atoms with Gasteiger partial charge in [0.1, 0.15) is 0 Å². The molecule has 0 unspecified atom stereocenters. The lowest BCUT2D eigenvalue weighted by Gasteiger charge is -1.68. The molecule has 0 heteroatoms. The Labute approximate surface area is 56.2 Å². The van der Waals surface area contributed by atoms with Crippen molar-refractivity contribution in [2.75, 3.05) is 0 Å². The van der Waals surface area contributed by atoms with Crippen LogP contribution in [-0.2, 0) is 0 Å². The molecule has 0 aromatic rings. The van der Waals surface area contributed by atoms with Gasteiger partial charge in [-0.2, -0.15) is 0 Å². The number of allylic oxidation sites excluding steroid dienone is 3. The minimum absolute atomic E-state index is 0.863. The molecule has 0 N–H and O–H groups in total. The lowest BCUT2D eigenvalue weighted by Crippen LogP contribution is -1.48. The Balaban J connectivity index is 3.66. The van der Waals surface area contributed by atoms with Crippen LogP contribution in [-0.4, -0.2) is 0 Å². The maximum Gasteiger partial charge on any atom is -0.00956 e. The SMILES string of the molecule is C=C=CC=C=CCC=C. The second-order valence-electron chi connectivity index (χ2n) is 1.43. The van der Waals surface area contributed by atoms with Gasteiger partial charge in [-0.1, -0.05) is 12.7 Å². The van der Waals surface area contributed by atoms with Gasteiger partial charge in [-0.15, -0.1) is 18.0 Å². The summed E-state index contributed by atoms with van der Waals surface area (Å²) in [6.45, 7) is 6.95. The maximum atomic E-state index is 3.56. The van der Waals surface area contributed by atoms with Crippen LogP contribution in [0.15, 0.2) is 48.9 Å². The normalized spacial score (nSPS) is 6.22. The van der Waals surface area contributed by atoms with Gasteiger partial charge in [0.15, 0.2) is 0 Å². The van der Waals surface area contributed by atoms with Crippen LogP contribution < -0.4 is 0 Å². The summed E-state index contributed by atoms with van der Waals surface area (Å²) < 4.78 is 0. The third kappa shape index (κ3) is 6.78. The van der Waals surface area contributed by atoms with Crippen molar-refractivity contribution in [2.24, 2.45) is 0 Å². The van der Waals surface area contributed by atoms with Crippen molar-refractivity contribution in [1.82, 2.24) is 0 Å². The average molecular weight is 118 g/mol. The number of rotatable bonds is 3. The summed E-state index contributed by atoms with van der Waals surface area (Å²) in [6, 6.07) is 0. The molecule has 0 rings (SSSR count). The molecule has 0 spiro atoms. The van der Waals surface area contributed by atoms with Gasteiger partial charge in [-0.25, -0.2) is 0 Å². The first kappa shape index (κ1) is 7.78. The topological polar surface area (TPSA) is 0 Å². The Bertz CT molecular complexity index is 172. The lowest BCUT2D eigenvalue weighted by atomic mass is 10.4. The van der Waals surface area contributed by atoms with Crippen molar-refractivity contribution in [2.45, 2.75) is 6.42 Å². The van der Waals surface area contributed by atoms with Gasteiger partial charge >= 0.3 is 0 Å². The summed E-state index contributed by atoms with van der Waals surface area (Å²) in [5, 5.41) is 0. The van der Waals surface area contributed by atoms with Gasteiger partial charge in [0.05, 0.1) is 0 Å². The summed E-state index contributed by atoms with van der Waals surface area (Å²) in [7, 11) is 0. The quantitative estimate of drug-likeness (QED) is 0.303. The summed E-state index contributed by atoms with van der Waals surface area (Å²) in [6.07, 6.45) is 8.04. The number of hydrogen-bond acceptors (Lipinski definition) is 0. The Kier molecular flexibility index (Phi) is 5.86. The first-order valence-electron chi connectivity index (χ1n) is 2.78. The van der Waals surface area contributed by atoms with E-state index in [-0.39, 0.29) is 0 Å². The molecule has 0 heterocycles. The van der Waals surface area contributed by atoms with Gasteiger partial charge < -0.3 is 0 Å². The second-order valence-corrected chi connectivity index (χ2v) is 1.43. The molecular weight excluding hydrogens is 108 g/mol. The van der Waals surface area contributed by atoms with Crippen molar-refractivity contribution in [3.05, 3.63) is 48.9 Å². The molecule has 0 nitrogen and oxygen atoms in total. The van der Waals surface area contributed by atoms with Crippen molar-refractivity contribution in [3.63, 3.8) is 0 Å². The molecule has 0 aliphatic carbocycles. The van der Waals surface area contributed by atoms with Gasteiger partial charge in [0.25, 0.3) is 0 Å². The molecule has 0 atom stereocenters. The van der Waals surface area contributed by atoms with Crippen LogP contribution in [0, 0.1) is 0 Å². The minimum atomic E-state index is 0.863. The van der Waals surface area contributed by atoms with E-state index in [9.17, 15) is 0 Å². The van der Waals surface area contributed by atoms with E-state index < -0.39 is 0 Å². The lowest BCUT2D eigenvalue weighted by molar-refractivity contribution is 1.42. The molecule has 0 saturated heterocycles. The molecule has 9 heavy (non-hydrogen) atoms. The highest BCUT2D eigenvalue weighted by atomic mass is 13.6. The largest absolute Gasteiger partial charge is 0.128 e. The van der Waals surface area contributed by atoms with Crippen molar-refractivity contribution in [1.29, 1.82) is 0 Å². The molecule has 0 saturated carbocycles. The van der Waals surface area contributed by atoms with E-state index in [0.29, 0.717) is 0 Å². The van der Waals surface area contributed by atoms with Crippen molar-refractivity contribution < 1.29 is 0 Å². The van der Waals surface area contributed by atoms with Gasteiger partial charge in [0.2, 0.25) is 0 Å². The summed E-state index contributed by atoms with van der Waals surface area (Å²) in [5.74, 6) is 0. The van der Waals surface area contributed by atoms with E-state index in [1.807, 2.05) is 12.2 Å². The van der Waals surface area contributed by atoms with E-state index in [4.69, 9.17) is 0 Å². The molecule has 0 radical (unpaired) electrons. The molecule has 0 aromatic heterocycles. The van der Waals surface area contributed by atoms with Crippen molar-refractivity contribution in [3.8, 4) is 0 Å². The summed E-state index contributed by atoms with van der Waals surface area (Å²) >= 11 is 0. The fraction of sp³-hybridized carbons (Fsp3) is 0.111.